The van der Waals surface area contributed by atoms with Crippen molar-refractivity contribution in [1.82, 2.24) is 15.1 Å². The van der Waals surface area contributed by atoms with Crippen LogP contribution >= 0.6 is 0 Å². The van der Waals surface area contributed by atoms with Crippen LogP contribution in [0, 0.1) is 5.92 Å². The lowest BCUT2D eigenvalue weighted by atomic mass is 9.82. The number of carbonyl (C=O) groups excluding carboxylic acids is 1. The number of aliphatic imine (C=N–C) groups is 1. The van der Waals surface area contributed by atoms with Gasteiger partial charge in [0.05, 0.1) is 17.5 Å². The van der Waals surface area contributed by atoms with Gasteiger partial charge in [-0.2, -0.15) is 31.4 Å². The number of anilines is 2. The lowest BCUT2D eigenvalue weighted by Gasteiger charge is -2.35. The van der Waals surface area contributed by atoms with E-state index < -0.39 is 44.9 Å². The molecule has 37 heavy (non-hydrogen) atoms. The molecule has 1 saturated carbocycles. The molecule has 1 fully saturated rings. The lowest BCUT2D eigenvalue weighted by Crippen LogP contribution is -2.42. The van der Waals surface area contributed by atoms with Gasteiger partial charge in [0.1, 0.15) is 5.56 Å². The summed E-state index contributed by atoms with van der Waals surface area (Å²) in [5.41, 5.74) is 0.0921. The fraction of sp³-hybridized carbons (Fsp3) is 0.476. The molecule has 0 radical (unpaired) electrons. The standard InChI is InChI=1S/C21H24F6N6O3S/c1-29-9-12-8-14(30-11-20(22,23)24)4-7-17(12)33-10-16(18(28)34)19(32-33)31-13-2-5-15(6-3-13)37(35,36)21(25,26)27/h2-3,5-6,9-10,12,14,17,30H,4,7-8,11H2,1H3,(H2,28,34)(H,31,32)/t12-,14?,17+/m1/s1. The van der Waals surface area contributed by atoms with Crippen molar-refractivity contribution in [2.75, 3.05) is 18.9 Å². The molecule has 1 aliphatic carbocycles. The molecule has 0 aliphatic heterocycles. The van der Waals surface area contributed by atoms with Crippen LogP contribution in [-0.4, -0.2) is 61.6 Å². The smallest absolute Gasteiger partial charge is 0.365 e. The number of halogens is 6. The zero-order valence-electron chi connectivity index (χ0n) is 19.3. The monoisotopic (exact) mass is 554 g/mol. The molecule has 9 nitrogen and oxygen atoms in total. The predicted octanol–water partition coefficient (Wildman–Crippen LogP) is 3.58. The van der Waals surface area contributed by atoms with Gasteiger partial charge in [0.2, 0.25) is 0 Å². The Balaban J connectivity index is 1.82. The van der Waals surface area contributed by atoms with Crippen LogP contribution in [-0.2, 0) is 9.84 Å². The quantitative estimate of drug-likeness (QED) is 0.338. The van der Waals surface area contributed by atoms with E-state index in [0.717, 1.165) is 24.3 Å². The van der Waals surface area contributed by atoms with Crippen LogP contribution in [0.4, 0.5) is 37.8 Å². The van der Waals surface area contributed by atoms with E-state index in [1.165, 1.54) is 17.9 Å². The van der Waals surface area contributed by atoms with Crippen molar-refractivity contribution in [3.63, 3.8) is 0 Å². The van der Waals surface area contributed by atoms with Crippen LogP contribution in [0.5, 0.6) is 0 Å². The molecule has 16 heteroatoms. The van der Waals surface area contributed by atoms with E-state index in [9.17, 15) is 39.6 Å². The van der Waals surface area contributed by atoms with Gasteiger partial charge in [-0.15, -0.1) is 0 Å². The number of hydrogen-bond donors (Lipinski definition) is 3. The highest BCUT2D eigenvalue weighted by atomic mass is 32.2. The molecule has 0 spiro atoms. The third kappa shape index (κ3) is 6.80. The van der Waals surface area contributed by atoms with Gasteiger partial charge in [-0.3, -0.25) is 9.48 Å². The van der Waals surface area contributed by atoms with Crippen molar-refractivity contribution in [2.24, 2.45) is 16.6 Å². The minimum absolute atomic E-state index is 0.0246. The normalized spacial score (nSPS) is 21.3. The highest BCUT2D eigenvalue weighted by Crippen LogP contribution is 2.35. The summed E-state index contributed by atoms with van der Waals surface area (Å²) >= 11 is 0. The van der Waals surface area contributed by atoms with Gasteiger partial charge in [0.15, 0.2) is 5.82 Å². The number of rotatable bonds is 8. The minimum Gasteiger partial charge on any atom is -0.365 e. The van der Waals surface area contributed by atoms with E-state index >= 15 is 0 Å². The van der Waals surface area contributed by atoms with Gasteiger partial charge >= 0.3 is 11.7 Å². The average molecular weight is 555 g/mol. The number of benzene rings is 1. The third-order valence-corrected chi connectivity index (χ3v) is 7.36. The van der Waals surface area contributed by atoms with E-state index in [0.29, 0.717) is 19.3 Å². The van der Waals surface area contributed by atoms with E-state index in [-0.39, 0.29) is 29.0 Å². The Labute approximate surface area is 208 Å². The Morgan fingerprint density at radius 2 is 1.84 bits per heavy atom. The molecule has 3 atom stereocenters. The highest BCUT2D eigenvalue weighted by Gasteiger charge is 2.46. The van der Waals surface area contributed by atoms with Gasteiger partial charge in [-0.1, -0.05) is 0 Å². The molecule has 1 unspecified atom stereocenters. The summed E-state index contributed by atoms with van der Waals surface area (Å²) in [6.07, 6.45) is -0.225. The number of alkyl halides is 6. The molecule has 1 aromatic carbocycles. The Hall–Kier alpha value is -3.14. The molecular formula is C21H24F6N6O3S. The maximum atomic E-state index is 12.8. The second-order valence-corrected chi connectivity index (χ2v) is 10.4. The summed E-state index contributed by atoms with van der Waals surface area (Å²) < 4.78 is 101. The van der Waals surface area contributed by atoms with Crippen LogP contribution in [0.2, 0.25) is 0 Å². The summed E-state index contributed by atoms with van der Waals surface area (Å²) in [5, 5.41) is 9.59. The van der Waals surface area contributed by atoms with Crippen LogP contribution in [0.1, 0.15) is 35.7 Å². The first-order valence-electron chi connectivity index (χ1n) is 10.9. The largest absolute Gasteiger partial charge is 0.501 e. The fourth-order valence-electron chi connectivity index (χ4n) is 4.14. The summed E-state index contributed by atoms with van der Waals surface area (Å²) in [6.45, 7) is -1.12. The van der Waals surface area contributed by atoms with Crippen molar-refractivity contribution < 1.29 is 39.6 Å². The number of hydrogen-bond acceptors (Lipinski definition) is 7. The maximum absolute atomic E-state index is 12.8. The first-order chi connectivity index (χ1) is 17.1. The van der Waals surface area contributed by atoms with Gasteiger partial charge < -0.3 is 21.4 Å². The topological polar surface area (TPSA) is 131 Å². The molecule has 1 amide bonds. The molecule has 1 aliphatic rings. The van der Waals surface area contributed by atoms with E-state index in [4.69, 9.17) is 5.73 Å². The van der Waals surface area contributed by atoms with Gasteiger partial charge in [-0.05, 0) is 43.5 Å². The van der Waals surface area contributed by atoms with Crippen molar-refractivity contribution in [3.05, 3.63) is 36.0 Å². The SMILES string of the molecule is CN=C[C@H]1CC(NCC(F)(F)F)CC[C@@H]1n1cc(C(N)=O)c(Nc2ccc(S(=O)(=O)C(F)(F)F)cc2)n1. The Bertz CT molecular complexity index is 1240. The van der Waals surface area contributed by atoms with Crippen LogP contribution in [0.3, 0.4) is 0 Å². The predicted molar refractivity (Wildman–Crippen MR) is 122 cm³/mol. The summed E-state index contributed by atoms with van der Waals surface area (Å²) in [7, 11) is -4.00. The molecular weight excluding hydrogens is 530 g/mol. The van der Waals surface area contributed by atoms with Crippen LogP contribution < -0.4 is 16.4 Å². The zero-order chi connectivity index (χ0) is 27.6. The molecule has 1 heterocycles. The number of nitrogens with zero attached hydrogens (tertiary/aromatic N) is 3. The van der Waals surface area contributed by atoms with E-state index in [1.54, 1.807) is 6.21 Å². The number of amides is 1. The molecule has 4 N–H and O–H groups in total. The van der Waals surface area contributed by atoms with E-state index in [1.807, 2.05) is 0 Å². The second-order valence-electron chi connectivity index (χ2n) is 8.48. The third-order valence-electron chi connectivity index (χ3n) is 5.86. The van der Waals surface area contributed by atoms with Gasteiger partial charge in [0, 0.05) is 37.1 Å². The summed E-state index contributed by atoms with van der Waals surface area (Å²) in [4.78, 5) is 15.1. The summed E-state index contributed by atoms with van der Waals surface area (Å²) in [5.74, 6) is -1.19. The van der Waals surface area contributed by atoms with Crippen LogP contribution in [0.15, 0.2) is 40.4 Å². The highest BCUT2D eigenvalue weighted by molar-refractivity contribution is 7.92. The number of aromatic nitrogens is 2. The molecule has 1 aromatic heterocycles. The van der Waals surface area contributed by atoms with Crippen molar-refractivity contribution in [3.8, 4) is 0 Å². The minimum atomic E-state index is -5.53. The number of carbonyl (C=O) groups is 1. The zero-order valence-corrected chi connectivity index (χ0v) is 20.2. The van der Waals surface area contributed by atoms with Gasteiger partial charge in [0.25, 0.3) is 15.7 Å². The molecule has 0 bridgehead atoms. The molecule has 2 aromatic rings. The Kier molecular flexibility index (Phi) is 8.21. The number of sulfone groups is 1. The molecule has 0 saturated heterocycles. The first-order valence-corrected chi connectivity index (χ1v) is 12.4. The first kappa shape index (κ1) is 28.4. The van der Waals surface area contributed by atoms with Crippen molar-refractivity contribution >= 4 is 33.5 Å². The molecule has 3 rings (SSSR count). The second kappa shape index (κ2) is 10.7. The van der Waals surface area contributed by atoms with Gasteiger partial charge in [-0.25, -0.2) is 8.42 Å². The van der Waals surface area contributed by atoms with Crippen molar-refractivity contribution in [2.45, 2.75) is 47.9 Å². The van der Waals surface area contributed by atoms with Crippen molar-refractivity contribution in [1.29, 1.82) is 0 Å². The van der Waals surface area contributed by atoms with E-state index in [2.05, 4.69) is 20.7 Å². The van der Waals surface area contributed by atoms with Crippen LogP contribution in [0.25, 0.3) is 0 Å². The lowest BCUT2D eigenvalue weighted by molar-refractivity contribution is -0.126. The Morgan fingerprint density at radius 1 is 1.19 bits per heavy atom. The molecule has 204 valence electrons. The fourth-order valence-corrected chi connectivity index (χ4v) is 4.90. The summed E-state index contributed by atoms with van der Waals surface area (Å²) in [6, 6.07) is 2.90. The Morgan fingerprint density at radius 3 is 2.38 bits per heavy atom. The number of nitrogens with two attached hydrogens (primary N) is 1. The average Bonchev–Trinajstić information content (AvgIpc) is 3.21. The number of primary amides is 1. The number of nitrogens with one attached hydrogen (secondary N) is 2. The maximum Gasteiger partial charge on any atom is 0.501 e.